The van der Waals surface area contributed by atoms with Crippen LogP contribution in [0.1, 0.15) is 31.4 Å². The van der Waals surface area contributed by atoms with Gasteiger partial charge in [-0.2, -0.15) is 0 Å². The number of ether oxygens (including phenoxy) is 4. The van der Waals surface area contributed by atoms with Crippen LogP contribution in [0, 0.1) is 0 Å². The lowest BCUT2D eigenvalue weighted by Crippen LogP contribution is -2.26. The molecule has 138 valence electrons. The van der Waals surface area contributed by atoms with E-state index in [1.54, 1.807) is 24.9 Å². The summed E-state index contributed by atoms with van der Waals surface area (Å²) in [4.78, 5) is 0. The number of nitrogens with two attached hydrogens (primary N) is 1. The molecule has 1 aliphatic heterocycles. The number of rotatable bonds is 9. The summed E-state index contributed by atoms with van der Waals surface area (Å²) < 4.78 is 46.0. The van der Waals surface area contributed by atoms with Gasteiger partial charge in [0.25, 0.3) is 6.48 Å². The van der Waals surface area contributed by atoms with Crippen molar-refractivity contribution in [2.75, 3.05) is 27.4 Å². The lowest BCUT2D eigenvalue weighted by Gasteiger charge is -2.31. The molecule has 0 aromatic carbocycles. The molecule has 7 nitrogen and oxygen atoms in total. The van der Waals surface area contributed by atoms with Gasteiger partial charge >= 0.3 is 0 Å². The van der Waals surface area contributed by atoms with Crippen LogP contribution in [-0.2, 0) is 29.0 Å². The summed E-state index contributed by atoms with van der Waals surface area (Å²) in [6, 6.07) is 1.60. The number of hydrogen-bond donors (Lipinski definition) is 1. The van der Waals surface area contributed by atoms with Crippen molar-refractivity contribution < 1.29 is 27.4 Å². The second-order valence-electron chi connectivity index (χ2n) is 5.21. The molecule has 2 N–H and O–H groups in total. The van der Waals surface area contributed by atoms with Crippen molar-refractivity contribution in [2.24, 2.45) is 5.14 Å². The van der Waals surface area contributed by atoms with Crippen LogP contribution in [0.25, 0.3) is 0 Å². The summed E-state index contributed by atoms with van der Waals surface area (Å²) in [7, 11) is -0.572. The Bertz CT molecular complexity index is 632. The lowest BCUT2D eigenvalue weighted by molar-refractivity contribution is -0.295. The number of primary sulfonamides is 1. The number of sulfonamides is 1. The smallest absolute Gasteiger partial charge is 0.271 e. The van der Waals surface area contributed by atoms with Gasteiger partial charge in [0.15, 0.2) is 0 Å². The monoisotopic (exact) mass is 397 g/mol. The van der Waals surface area contributed by atoms with E-state index in [9.17, 15) is 8.42 Å². The predicted molar refractivity (Wildman–Crippen MR) is 92.7 cm³/mol. The van der Waals surface area contributed by atoms with Gasteiger partial charge in [0.2, 0.25) is 10.0 Å². The Morgan fingerprint density at radius 2 is 2.17 bits per heavy atom. The van der Waals surface area contributed by atoms with E-state index in [4.69, 9.17) is 24.1 Å². The summed E-state index contributed by atoms with van der Waals surface area (Å²) in [6.07, 6.45) is 1.25. The first-order chi connectivity index (χ1) is 11.4. The molecule has 0 saturated carbocycles. The summed E-state index contributed by atoms with van der Waals surface area (Å²) in [5, 5.41) is 5.53. The van der Waals surface area contributed by atoms with E-state index in [1.807, 2.05) is 6.92 Å². The fraction of sp³-hybridized carbons (Fsp3) is 0.714. The zero-order valence-corrected chi connectivity index (χ0v) is 16.3. The van der Waals surface area contributed by atoms with Crippen molar-refractivity contribution in [3.63, 3.8) is 0 Å². The van der Waals surface area contributed by atoms with Gasteiger partial charge in [0.05, 0.1) is 10.3 Å². The van der Waals surface area contributed by atoms with Crippen molar-refractivity contribution in [2.45, 2.75) is 46.0 Å². The molecule has 0 radical (unpaired) electrons. The number of hydrogen-bond acceptors (Lipinski definition) is 8. The molecule has 24 heavy (non-hydrogen) atoms. The molecule has 10 heteroatoms. The van der Waals surface area contributed by atoms with Crippen LogP contribution in [0.15, 0.2) is 14.5 Å². The van der Waals surface area contributed by atoms with Gasteiger partial charge in [-0.25, -0.2) is 13.6 Å². The molecule has 0 bridgehead atoms. The van der Waals surface area contributed by atoms with E-state index in [0.717, 1.165) is 22.6 Å². The van der Waals surface area contributed by atoms with E-state index in [0.29, 0.717) is 13.2 Å². The average Bonchev–Trinajstić information content (AvgIpc) is 2.97. The number of thioether (sulfide) groups is 1. The predicted octanol–water partition coefficient (Wildman–Crippen LogP) is 2.32. The minimum atomic E-state index is -3.74. The summed E-state index contributed by atoms with van der Waals surface area (Å²) in [5.74, 6) is 0. The van der Waals surface area contributed by atoms with Gasteiger partial charge in [-0.3, -0.25) is 0 Å². The zero-order valence-electron chi connectivity index (χ0n) is 13.9. The highest BCUT2D eigenvalue weighted by molar-refractivity contribution is 8.02. The van der Waals surface area contributed by atoms with E-state index < -0.39 is 16.5 Å². The standard InChI is InChI=1S/C14H23NO6S3/c1-4-20-14(19-3)21-11-7-9(5-6-18-2)22-13-10(11)8-12(23-13)24(15,16)17/h8-9,11,14H,4-7H2,1-3H3,(H2,15,16,17). The Labute approximate surface area is 150 Å². The molecule has 0 saturated heterocycles. The maximum Gasteiger partial charge on any atom is 0.271 e. The number of methoxy groups -OCH3 is 2. The fourth-order valence-electron chi connectivity index (χ4n) is 2.38. The van der Waals surface area contributed by atoms with E-state index in [2.05, 4.69) is 0 Å². The van der Waals surface area contributed by atoms with Gasteiger partial charge < -0.3 is 18.9 Å². The van der Waals surface area contributed by atoms with Gasteiger partial charge in [0.1, 0.15) is 4.21 Å². The molecular formula is C14H23NO6S3. The molecule has 2 heterocycles. The third-order valence-corrected chi connectivity index (χ3v) is 7.61. The fourth-order valence-corrected chi connectivity index (χ4v) is 6.20. The van der Waals surface area contributed by atoms with Crippen LogP contribution in [0.2, 0.25) is 0 Å². The molecular weight excluding hydrogens is 374 g/mol. The quantitative estimate of drug-likeness (QED) is 0.639. The topological polar surface area (TPSA) is 97.1 Å². The van der Waals surface area contributed by atoms with Gasteiger partial charge in [-0.15, -0.1) is 23.1 Å². The highest BCUT2D eigenvalue weighted by atomic mass is 32.3. The molecule has 1 aromatic rings. The third kappa shape index (κ3) is 5.15. The van der Waals surface area contributed by atoms with Crippen molar-refractivity contribution in [1.29, 1.82) is 0 Å². The Balaban J connectivity index is 2.26. The SMILES string of the molecule is CCOC(OC)OC1CC(CCOC)Sc2sc(S(N)(=O)=O)cc21. The second kappa shape index (κ2) is 8.95. The highest BCUT2D eigenvalue weighted by Gasteiger charge is 2.33. The number of thiophene rings is 1. The maximum absolute atomic E-state index is 11.7. The van der Waals surface area contributed by atoms with Gasteiger partial charge in [0, 0.05) is 38.2 Å². The average molecular weight is 398 g/mol. The molecule has 3 unspecified atom stereocenters. The van der Waals surface area contributed by atoms with Crippen molar-refractivity contribution in [3.05, 3.63) is 11.6 Å². The molecule has 0 aliphatic carbocycles. The van der Waals surface area contributed by atoms with Gasteiger partial charge in [-0.05, 0) is 25.8 Å². The summed E-state index contributed by atoms with van der Waals surface area (Å²) in [6.45, 7) is 2.14. The molecule has 0 fully saturated rings. The Morgan fingerprint density at radius 1 is 1.42 bits per heavy atom. The minimum absolute atomic E-state index is 0.145. The zero-order chi connectivity index (χ0) is 17.7. The molecule has 3 atom stereocenters. The van der Waals surface area contributed by atoms with Crippen LogP contribution in [-0.4, -0.2) is 47.6 Å². The lowest BCUT2D eigenvalue weighted by atomic mass is 10.1. The normalized spacial score (nSPS) is 22.3. The molecule has 0 amide bonds. The summed E-state index contributed by atoms with van der Waals surface area (Å²) in [5.41, 5.74) is 0.824. The molecule has 1 aromatic heterocycles. The molecule has 0 spiro atoms. The largest absolute Gasteiger partial charge is 0.385 e. The molecule has 1 aliphatic rings. The van der Waals surface area contributed by atoms with E-state index in [-0.39, 0.29) is 15.6 Å². The highest BCUT2D eigenvalue weighted by Crippen LogP contribution is 2.48. The Hall–Kier alpha value is -0.200. The third-order valence-electron chi connectivity index (χ3n) is 3.49. The van der Waals surface area contributed by atoms with Crippen LogP contribution in [0.4, 0.5) is 0 Å². The van der Waals surface area contributed by atoms with Crippen molar-refractivity contribution >= 4 is 33.1 Å². The van der Waals surface area contributed by atoms with Crippen molar-refractivity contribution in [3.8, 4) is 0 Å². The Kier molecular flexibility index (Phi) is 7.50. The van der Waals surface area contributed by atoms with Crippen LogP contribution in [0.3, 0.4) is 0 Å². The molecule has 2 rings (SSSR count). The second-order valence-corrected chi connectivity index (χ2v) is 9.62. The van der Waals surface area contributed by atoms with E-state index >= 15 is 0 Å². The van der Waals surface area contributed by atoms with Gasteiger partial charge in [-0.1, -0.05) is 0 Å². The summed E-state index contributed by atoms with van der Waals surface area (Å²) >= 11 is 2.82. The minimum Gasteiger partial charge on any atom is -0.385 e. The van der Waals surface area contributed by atoms with Crippen molar-refractivity contribution in [1.82, 2.24) is 0 Å². The number of fused-ring (bicyclic) bond motifs is 1. The maximum atomic E-state index is 11.7. The van der Waals surface area contributed by atoms with Crippen LogP contribution >= 0.6 is 23.1 Å². The first-order valence-corrected chi connectivity index (χ1v) is 10.7. The van der Waals surface area contributed by atoms with Crippen LogP contribution in [0.5, 0.6) is 0 Å². The van der Waals surface area contributed by atoms with E-state index in [1.165, 1.54) is 18.4 Å². The first-order valence-electron chi connectivity index (χ1n) is 7.51. The Morgan fingerprint density at radius 3 is 2.75 bits per heavy atom. The van der Waals surface area contributed by atoms with Crippen LogP contribution < -0.4 is 5.14 Å². The first kappa shape index (κ1) is 20.1.